The van der Waals surface area contributed by atoms with Gasteiger partial charge in [-0.05, 0) is 36.6 Å². The lowest BCUT2D eigenvalue weighted by molar-refractivity contribution is -0.133. The number of rotatable bonds is 5. The molecule has 32 heavy (non-hydrogen) atoms. The van der Waals surface area contributed by atoms with Gasteiger partial charge in [0, 0.05) is 18.4 Å². The van der Waals surface area contributed by atoms with Crippen LogP contribution in [-0.2, 0) is 17.8 Å². The molecule has 1 aliphatic rings. The lowest BCUT2D eigenvalue weighted by atomic mass is 10.1. The van der Waals surface area contributed by atoms with E-state index in [-0.39, 0.29) is 29.9 Å². The molecule has 8 heteroatoms. The Kier molecular flexibility index (Phi) is 5.26. The first kappa shape index (κ1) is 20.1. The fourth-order valence-electron chi connectivity index (χ4n) is 4.14. The van der Waals surface area contributed by atoms with E-state index >= 15 is 0 Å². The molecule has 2 aromatic carbocycles. The standard InChI is InChI=1S/C24H21FN4O3/c25-18-9-7-16(8-10-18)12-19-14-26-23(32-19)21-6-3-11-28(21)22(30)15-29-24(31)20-5-2-1-4-17(20)13-27-29/h1-2,4-5,7-10,13-14,21H,3,6,11-12,15H2. The van der Waals surface area contributed by atoms with Crippen LogP contribution in [0.4, 0.5) is 4.39 Å². The molecule has 1 aliphatic heterocycles. The van der Waals surface area contributed by atoms with Crippen LogP contribution in [0.3, 0.4) is 0 Å². The van der Waals surface area contributed by atoms with Gasteiger partial charge in [0.15, 0.2) is 0 Å². The molecule has 0 N–H and O–H groups in total. The lowest BCUT2D eigenvalue weighted by Crippen LogP contribution is -2.37. The summed E-state index contributed by atoms with van der Waals surface area (Å²) < 4.78 is 20.2. The molecule has 0 bridgehead atoms. The van der Waals surface area contributed by atoms with Crippen molar-refractivity contribution in [3.63, 3.8) is 0 Å². The van der Waals surface area contributed by atoms with Crippen molar-refractivity contribution in [3.8, 4) is 0 Å². The van der Waals surface area contributed by atoms with Gasteiger partial charge in [0.05, 0.1) is 17.8 Å². The number of hydrogen-bond donors (Lipinski definition) is 0. The van der Waals surface area contributed by atoms with Crippen molar-refractivity contribution in [3.05, 3.63) is 94.3 Å². The van der Waals surface area contributed by atoms with Crippen LogP contribution < -0.4 is 5.56 Å². The minimum Gasteiger partial charge on any atom is -0.443 e. The smallest absolute Gasteiger partial charge is 0.275 e. The summed E-state index contributed by atoms with van der Waals surface area (Å²) in [6.07, 6.45) is 5.30. The third-order valence-corrected chi connectivity index (χ3v) is 5.77. The summed E-state index contributed by atoms with van der Waals surface area (Å²) >= 11 is 0. The third-order valence-electron chi connectivity index (χ3n) is 5.77. The molecule has 0 saturated carbocycles. The molecule has 0 aliphatic carbocycles. The van der Waals surface area contributed by atoms with E-state index < -0.39 is 0 Å². The average Bonchev–Trinajstić information content (AvgIpc) is 3.47. The second-order valence-electron chi connectivity index (χ2n) is 7.91. The SMILES string of the molecule is O=C(Cn1ncc2ccccc2c1=O)N1CCCC1c1ncc(Cc2ccc(F)cc2)o1. The van der Waals surface area contributed by atoms with Gasteiger partial charge >= 0.3 is 0 Å². The molecule has 2 aromatic heterocycles. The van der Waals surface area contributed by atoms with Gasteiger partial charge in [0.1, 0.15) is 24.2 Å². The third kappa shape index (κ3) is 3.91. The summed E-state index contributed by atoms with van der Waals surface area (Å²) in [5.74, 6) is 0.646. The van der Waals surface area contributed by atoms with Crippen LogP contribution in [0.1, 0.15) is 36.1 Å². The quantitative estimate of drug-likeness (QED) is 0.482. The largest absolute Gasteiger partial charge is 0.443 e. The van der Waals surface area contributed by atoms with Crippen LogP contribution in [0, 0.1) is 5.82 Å². The fourth-order valence-corrected chi connectivity index (χ4v) is 4.14. The highest BCUT2D eigenvalue weighted by Gasteiger charge is 2.33. The molecule has 7 nitrogen and oxygen atoms in total. The predicted molar refractivity (Wildman–Crippen MR) is 115 cm³/mol. The number of aromatic nitrogens is 3. The summed E-state index contributed by atoms with van der Waals surface area (Å²) in [5, 5.41) is 5.44. The van der Waals surface area contributed by atoms with Crippen molar-refractivity contribution in [2.75, 3.05) is 6.54 Å². The predicted octanol–water partition coefficient (Wildman–Crippen LogP) is 3.48. The molecule has 3 heterocycles. The van der Waals surface area contributed by atoms with E-state index in [1.165, 1.54) is 16.8 Å². The molecule has 1 amide bonds. The molecule has 0 radical (unpaired) electrons. The fraction of sp³-hybridized carbons (Fsp3) is 0.250. The number of halogens is 1. The van der Waals surface area contributed by atoms with Gasteiger partial charge in [-0.25, -0.2) is 14.1 Å². The Morgan fingerprint density at radius 2 is 1.94 bits per heavy atom. The molecule has 162 valence electrons. The van der Waals surface area contributed by atoms with E-state index in [1.807, 2.05) is 12.1 Å². The van der Waals surface area contributed by atoms with E-state index in [2.05, 4.69) is 10.1 Å². The number of likely N-dealkylation sites (tertiary alicyclic amines) is 1. The maximum atomic E-state index is 13.1. The van der Waals surface area contributed by atoms with Gasteiger partial charge in [0.25, 0.3) is 5.56 Å². The Bertz CT molecular complexity index is 1330. The van der Waals surface area contributed by atoms with Crippen LogP contribution in [0.25, 0.3) is 10.8 Å². The molecular weight excluding hydrogens is 411 g/mol. The maximum absolute atomic E-state index is 13.1. The van der Waals surface area contributed by atoms with Crippen molar-refractivity contribution >= 4 is 16.7 Å². The second kappa shape index (κ2) is 8.37. The van der Waals surface area contributed by atoms with Crippen molar-refractivity contribution in [2.24, 2.45) is 0 Å². The molecule has 1 unspecified atom stereocenters. The molecule has 4 aromatic rings. The van der Waals surface area contributed by atoms with E-state index in [0.717, 1.165) is 23.8 Å². The number of amides is 1. The summed E-state index contributed by atoms with van der Waals surface area (Å²) in [5.41, 5.74) is 0.625. The molecule has 5 rings (SSSR count). The van der Waals surface area contributed by atoms with Crippen molar-refractivity contribution < 1.29 is 13.6 Å². The van der Waals surface area contributed by atoms with E-state index in [0.29, 0.717) is 30.0 Å². The summed E-state index contributed by atoms with van der Waals surface area (Å²) in [7, 11) is 0. The van der Waals surface area contributed by atoms with E-state index in [1.54, 1.807) is 41.6 Å². The lowest BCUT2D eigenvalue weighted by Gasteiger charge is -2.22. The molecule has 1 saturated heterocycles. The van der Waals surface area contributed by atoms with E-state index in [4.69, 9.17) is 4.42 Å². The number of benzene rings is 2. The van der Waals surface area contributed by atoms with Crippen molar-refractivity contribution in [1.82, 2.24) is 19.7 Å². The highest BCUT2D eigenvalue weighted by molar-refractivity contribution is 5.81. The molecule has 1 atom stereocenters. The Morgan fingerprint density at radius 3 is 2.78 bits per heavy atom. The zero-order valence-electron chi connectivity index (χ0n) is 17.3. The first-order chi connectivity index (χ1) is 15.6. The Balaban J connectivity index is 1.32. The number of carbonyl (C=O) groups excluding carboxylic acids is 1. The van der Waals surface area contributed by atoms with Gasteiger partial charge in [-0.3, -0.25) is 9.59 Å². The topological polar surface area (TPSA) is 81.2 Å². The average molecular weight is 432 g/mol. The molecular formula is C24H21FN4O3. The monoisotopic (exact) mass is 432 g/mol. The summed E-state index contributed by atoms with van der Waals surface area (Å²) in [6.45, 7) is 0.435. The number of hydrogen-bond acceptors (Lipinski definition) is 5. The molecule has 0 spiro atoms. The second-order valence-corrected chi connectivity index (χ2v) is 7.91. The van der Waals surface area contributed by atoms with Gasteiger partial charge < -0.3 is 9.32 Å². The Labute approximate surface area is 183 Å². The van der Waals surface area contributed by atoms with Crippen LogP contribution in [0.2, 0.25) is 0 Å². The molecule has 1 fully saturated rings. The zero-order chi connectivity index (χ0) is 22.1. The highest BCUT2D eigenvalue weighted by Crippen LogP contribution is 2.32. The van der Waals surface area contributed by atoms with Crippen LogP contribution in [-0.4, -0.2) is 32.1 Å². The van der Waals surface area contributed by atoms with E-state index in [9.17, 15) is 14.0 Å². The highest BCUT2D eigenvalue weighted by atomic mass is 19.1. The number of oxazole rings is 1. The minimum absolute atomic E-state index is 0.136. The number of fused-ring (bicyclic) bond motifs is 1. The Hall–Kier alpha value is -3.81. The van der Waals surface area contributed by atoms with Gasteiger partial charge in [-0.2, -0.15) is 5.10 Å². The summed E-state index contributed by atoms with van der Waals surface area (Å²) in [4.78, 5) is 31.8. The van der Waals surface area contributed by atoms with Crippen molar-refractivity contribution in [2.45, 2.75) is 31.8 Å². The normalized spacial score (nSPS) is 16.0. The van der Waals surface area contributed by atoms with Crippen LogP contribution >= 0.6 is 0 Å². The first-order valence-corrected chi connectivity index (χ1v) is 10.5. The summed E-state index contributed by atoms with van der Waals surface area (Å²) in [6, 6.07) is 13.1. The van der Waals surface area contributed by atoms with Crippen LogP contribution in [0.5, 0.6) is 0 Å². The van der Waals surface area contributed by atoms with Crippen LogP contribution in [0.15, 0.2) is 70.1 Å². The van der Waals surface area contributed by atoms with Gasteiger partial charge in [-0.15, -0.1) is 0 Å². The Morgan fingerprint density at radius 1 is 1.12 bits per heavy atom. The minimum atomic E-state index is -0.287. The number of nitrogens with zero attached hydrogens (tertiary/aromatic N) is 4. The maximum Gasteiger partial charge on any atom is 0.275 e. The first-order valence-electron chi connectivity index (χ1n) is 10.5. The number of carbonyl (C=O) groups is 1. The van der Waals surface area contributed by atoms with Crippen molar-refractivity contribution in [1.29, 1.82) is 0 Å². The van der Waals surface area contributed by atoms with Gasteiger partial charge in [0.2, 0.25) is 11.8 Å². The van der Waals surface area contributed by atoms with Gasteiger partial charge in [-0.1, -0.05) is 30.3 Å². The zero-order valence-corrected chi connectivity index (χ0v) is 17.3.